The lowest BCUT2D eigenvalue weighted by Crippen LogP contribution is -2.23. The highest BCUT2D eigenvalue weighted by atomic mass is 32.2. The Morgan fingerprint density at radius 1 is 1.26 bits per heavy atom. The molecule has 0 bridgehead atoms. The van der Waals surface area contributed by atoms with Crippen LogP contribution < -0.4 is 4.72 Å². The Balaban J connectivity index is 2.84. The summed E-state index contributed by atoms with van der Waals surface area (Å²) in [5, 5.41) is 8.70. The monoisotopic (exact) mass is 308 g/mol. The molecule has 0 amide bonds. The Morgan fingerprint density at radius 3 is 2.42 bits per heavy atom. The van der Waals surface area contributed by atoms with Gasteiger partial charge in [0.25, 0.3) is 0 Å². The topological polar surface area (TPSA) is 130 Å². The first-order chi connectivity index (χ1) is 8.59. The number of carbonyl (C=O) groups is 1. The Hall–Kier alpha value is -1.68. The number of aromatic carboxylic acids is 1. The number of hydrogen-bond acceptors (Lipinski definition) is 6. The van der Waals surface area contributed by atoms with Gasteiger partial charge in [0, 0.05) is 6.26 Å². The van der Waals surface area contributed by atoms with Crippen LogP contribution >= 0.6 is 0 Å². The van der Waals surface area contributed by atoms with Crippen LogP contribution in [0, 0.1) is 0 Å². The molecule has 8 nitrogen and oxygen atoms in total. The first-order valence-corrected chi connectivity index (χ1v) is 8.69. The molecule has 0 aliphatic heterocycles. The number of carboxylic acids is 1. The van der Waals surface area contributed by atoms with Gasteiger partial charge in [-0.2, -0.15) is 0 Å². The number of nitrogens with zero attached hydrogens (tertiary/aromatic N) is 1. The van der Waals surface area contributed by atoms with E-state index in [0.29, 0.717) is 0 Å². The van der Waals surface area contributed by atoms with E-state index in [1.54, 1.807) is 0 Å². The second-order valence-electron chi connectivity index (χ2n) is 3.76. The summed E-state index contributed by atoms with van der Waals surface area (Å²) in [5.41, 5.74) is -0.316. The summed E-state index contributed by atoms with van der Waals surface area (Å²) in [4.78, 5) is 14.2. The number of nitrogens with one attached hydrogen (secondary N) is 1. The summed E-state index contributed by atoms with van der Waals surface area (Å²) < 4.78 is 46.9. The van der Waals surface area contributed by atoms with Crippen molar-refractivity contribution in [2.75, 3.05) is 22.5 Å². The second-order valence-corrected chi connectivity index (χ2v) is 7.87. The molecule has 19 heavy (non-hydrogen) atoms. The van der Waals surface area contributed by atoms with Crippen molar-refractivity contribution in [3.8, 4) is 0 Å². The van der Waals surface area contributed by atoms with Crippen LogP contribution in [-0.4, -0.2) is 50.7 Å². The molecule has 0 saturated carbocycles. The van der Waals surface area contributed by atoms with E-state index in [0.717, 1.165) is 6.26 Å². The first kappa shape index (κ1) is 15.4. The Bertz CT molecular complexity index is 680. The fraction of sp³-hybridized carbons (Fsp3) is 0.333. The normalized spacial score (nSPS) is 12.1. The van der Waals surface area contributed by atoms with Gasteiger partial charge in [-0.1, -0.05) is 6.07 Å². The number of aromatic nitrogens is 1. The van der Waals surface area contributed by atoms with Crippen LogP contribution in [0.5, 0.6) is 0 Å². The lowest BCUT2D eigenvalue weighted by Gasteiger charge is -2.07. The van der Waals surface area contributed by atoms with Crippen LogP contribution in [0.4, 0.5) is 5.82 Å². The van der Waals surface area contributed by atoms with Crippen molar-refractivity contribution in [2.45, 2.75) is 0 Å². The van der Waals surface area contributed by atoms with Crippen molar-refractivity contribution >= 4 is 31.6 Å². The Morgan fingerprint density at radius 2 is 1.89 bits per heavy atom. The molecular weight excluding hydrogens is 296 g/mol. The summed E-state index contributed by atoms with van der Waals surface area (Å²) in [6.07, 6.45) is 0.922. The Labute approximate surface area is 110 Å². The average Bonchev–Trinajstić information content (AvgIpc) is 2.25. The molecule has 1 heterocycles. The number of carboxylic acid groups (broad SMARTS) is 1. The van der Waals surface area contributed by atoms with Crippen molar-refractivity contribution in [3.05, 3.63) is 23.9 Å². The van der Waals surface area contributed by atoms with Crippen LogP contribution in [0.2, 0.25) is 0 Å². The number of sulfonamides is 1. The maximum Gasteiger partial charge on any atom is 0.354 e. The molecule has 0 atom stereocenters. The molecule has 10 heteroatoms. The van der Waals surface area contributed by atoms with E-state index in [-0.39, 0.29) is 11.5 Å². The molecule has 106 valence electrons. The van der Waals surface area contributed by atoms with Gasteiger partial charge in [0.05, 0.1) is 11.5 Å². The van der Waals surface area contributed by atoms with Gasteiger partial charge in [-0.15, -0.1) is 0 Å². The zero-order valence-electron chi connectivity index (χ0n) is 9.90. The minimum Gasteiger partial charge on any atom is -0.477 e. The predicted octanol–water partition coefficient (Wildman–Crippen LogP) is -0.434. The van der Waals surface area contributed by atoms with Crippen molar-refractivity contribution in [1.82, 2.24) is 4.98 Å². The van der Waals surface area contributed by atoms with Gasteiger partial charge in [0.15, 0.2) is 5.69 Å². The van der Waals surface area contributed by atoms with Crippen LogP contribution in [-0.2, 0) is 19.9 Å². The number of pyridine rings is 1. The summed E-state index contributed by atoms with van der Waals surface area (Å²) in [6.45, 7) is 0. The average molecular weight is 308 g/mol. The van der Waals surface area contributed by atoms with Gasteiger partial charge in [-0.3, -0.25) is 4.72 Å². The fourth-order valence-corrected chi connectivity index (χ4v) is 3.71. The van der Waals surface area contributed by atoms with Gasteiger partial charge in [0.1, 0.15) is 15.7 Å². The standard InChI is InChI=1S/C9H12N2O6S2/c1-18(14,15)5-6-19(16,17)11-8-4-2-3-7(10-8)9(12)13/h2-4H,5-6H2,1H3,(H,10,11)(H,12,13). The van der Waals surface area contributed by atoms with Gasteiger partial charge in [-0.25, -0.2) is 26.6 Å². The first-order valence-electron chi connectivity index (χ1n) is 4.98. The summed E-state index contributed by atoms with van der Waals surface area (Å²) in [6, 6.07) is 3.80. The van der Waals surface area contributed by atoms with Crippen LogP contribution in [0.25, 0.3) is 0 Å². The van der Waals surface area contributed by atoms with E-state index in [1.165, 1.54) is 18.2 Å². The fourth-order valence-electron chi connectivity index (χ4n) is 1.08. The molecular formula is C9H12N2O6S2. The van der Waals surface area contributed by atoms with Gasteiger partial charge < -0.3 is 5.11 Å². The van der Waals surface area contributed by atoms with Gasteiger partial charge >= 0.3 is 5.97 Å². The number of hydrogen-bond donors (Lipinski definition) is 2. The third kappa shape index (κ3) is 5.66. The maximum atomic E-state index is 11.6. The number of rotatable bonds is 6. The lowest BCUT2D eigenvalue weighted by atomic mass is 10.3. The third-order valence-corrected chi connectivity index (χ3v) is 4.42. The maximum absolute atomic E-state index is 11.6. The van der Waals surface area contributed by atoms with Gasteiger partial charge in [-0.05, 0) is 12.1 Å². The smallest absolute Gasteiger partial charge is 0.354 e. The second kappa shape index (κ2) is 5.53. The molecule has 0 aromatic carbocycles. The molecule has 0 aliphatic carbocycles. The zero-order chi connectivity index (χ0) is 14.7. The molecule has 0 radical (unpaired) electrons. The molecule has 0 spiro atoms. The Kier molecular flexibility index (Phi) is 4.48. The van der Waals surface area contributed by atoms with E-state index in [9.17, 15) is 21.6 Å². The van der Waals surface area contributed by atoms with Crippen molar-refractivity contribution in [2.24, 2.45) is 0 Å². The minimum atomic E-state index is -3.89. The molecule has 0 unspecified atom stereocenters. The highest BCUT2D eigenvalue weighted by Gasteiger charge is 2.16. The van der Waals surface area contributed by atoms with Crippen molar-refractivity contribution in [1.29, 1.82) is 0 Å². The number of sulfone groups is 1. The molecule has 1 aromatic rings. The zero-order valence-corrected chi connectivity index (χ0v) is 11.5. The lowest BCUT2D eigenvalue weighted by molar-refractivity contribution is 0.0690. The molecule has 1 rings (SSSR count). The van der Waals surface area contributed by atoms with E-state index >= 15 is 0 Å². The SMILES string of the molecule is CS(=O)(=O)CCS(=O)(=O)Nc1cccc(C(=O)O)n1. The summed E-state index contributed by atoms with van der Waals surface area (Å²) in [7, 11) is -7.30. The van der Waals surface area contributed by atoms with Gasteiger partial charge in [0.2, 0.25) is 10.0 Å². The molecule has 2 N–H and O–H groups in total. The van der Waals surface area contributed by atoms with Crippen LogP contribution in [0.3, 0.4) is 0 Å². The van der Waals surface area contributed by atoms with Crippen molar-refractivity contribution < 1.29 is 26.7 Å². The van der Waals surface area contributed by atoms with E-state index < -0.39 is 37.3 Å². The molecule has 0 fully saturated rings. The predicted molar refractivity (Wildman–Crippen MR) is 68.3 cm³/mol. The quantitative estimate of drug-likeness (QED) is 0.728. The largest absolute Gasteiger partial charge is 0.477 e. The van der Waals surface area contributed by atoms with Crippen molar-refractivity contribution in [3.63, 3.8) is 0 Å². The summed E-state index contributed by atoms with van der Waals surface area (Å²) in [5.74, 6) is -2.61. The van der Waals surface area contributed by atoms with E-state index in [4.69, 9.17) is 5.11 Å². The van der Waals surface area contributed by atoms with E-state index in [1.807, 2.05) is 4.72 Å². The van der Waals surface area contributed by atoms with E-state index in [2.05, 4.69) is 4.98 Å². The van der Waals surface area contributed by atoms with Crippen LogP contribution in [0.15, 0.2) is 18.2 Å². The molecule has 0 aliphatic rings. The minimum absolute atomic E-state index is 0.173. The molecule has 0 saturated heterocycles. The van der Waals surface area contributed by atoms with Crippen LogP contribution in [0.1, 0.15) is 10.5 Å². The third-order valence-electron chi connectivity index (χ3n) is 1.95. The molecule has 1 aromatic heterocycles. The summed E-state index contributed by atoms with van der Waals surface area (Å²) >= 11 is 0. The number of anilines is 1. The highest BCUT2D eigenvalue weighted by Crippen LogP contribution is 2.07. The highest BCUT2D eigenvalue weighted by molar-refractivity contribution is 7.95.